The summed E-state index contributed by atoms with van der Waals surface area (Å²) in [6, 6.07) is 10.7. The Hall–Kier alpha value is -3.39. The summed E-state index contributed by atoms with van der Waals surface area (Å²) in [6.07, 6.45) is 4.00. The van der Waals surface area contributed by atoms with Gasteiger partial charge in [-0.25, -0.2) is 0 Å². The number of hydrogen-bond acceptors (Lipinski definition) is 5. The molecular formula is C28H30F2N4O2. The predicted molar refractivity (Wildman–Crippen MR) is 136 cm³/mol. The van der Waals surface area contributed by atoms with Gasteiger partial charge in [0.1, 0.15) is 5.69 Å². The SMILES string of the molecule is Cc1ccc(NC(=O)c2ccnc(C(C)(F)F)c2)cc1-c1cnc2c(c1)N1CCOCC1C(C)(C)C2. The Labute approximate surface area is 209 Å². The number of hydrogen-bond donors (Lipinski definition) is 1. The topological polar surface area (TPSA) is 67.4 Å². The zero-order chi connectivity index (χ0) is 25.7. The first-order valence-electron chi connectivity index (χ1n) is 12.1. The first-order chi connectivity index (χ1) is 17.0. The molecule has 5 rings (SSSR count). The molecule has 0 radical (unpaired) electrons. The highest BCUT2D eigenvalue weighted by atomic mass is 19.3. The van der Waals surface area contributed by atoms with Gasteiger partial charge in [0.2, 0.25) is 0 Å². The minimum atomic E-state index is -3.12. The van der Waals surface area contributed by atoms with E-state index in [1.807, 2.05) is 25.3 Å². The van der Waals surface area contributed by atoms with Crippen LogP contribution in [0.25, 0.3) is 11.1 Å². The van der Waals surface area contributed by atoms with Crippen molar-refractivity contribution in [2.45, 2.75) is 46.1 Å². The summed E-state index contributed by atoms with van der Waals surface area (Å²) in [4.78, 5) is 23.8. The van der Waals surface area contributed by atoms with E-state index < -0.39 is 17.5 Å². The fourth-order valence-electron chi connectivity index (χ4n) is 5.13. The van der Waals surface area contributed by atoms with E-state index >= 15 is 0 Å². The molecular weight excluding hydrogens is 462 g/mol. The summed E-state index contributed by atoms with van der Waals surface area (Å²) in [5, 5.41) is 2.83. The second-order valence-electron chi connectivity index (χ2n) is 10.4. The maximum absolute atomic E-state index is 13.7. The number of nitrogens with zero attached hydrogens (tertiary/aromatic N) is 3. The number of halogens is 2. The summed E-state index contributed by atoms with van der Waals surface area (Å²) >= 11 is 0. The minimum absolute atomic E-state index is 0.0661. The highest BCUT2D eigenvalue weighted by Gasteiger charge is 2.42. The number of rotatable bonds is 4. The molecule has 4 heterocycles. The third-order valence-corrected chi connectivity index (χ3v) is 7.19. The summed E-state index contributed by atoms with van der Waals surface area (Å²) in [5.74, 6) is -3.60. The number of carbonyl (C=O) groups excluding carboxylic acids is 1. The second-order valence-corrected chi connectivity index (χ2v) is 10.4. The predicted octanol–water partition coefficient (Wildman–Crippen LogP) is 5.60. The van der Waals surface area contributed by atoms with Crippen LogP contribution in [0.4, 0.5) is 20.2 Å². The van der Waals surface area contributed by atoms with Crippen LogP contribution in [0.2, 0.25) is 0 Å². The monoisotopic (exact) mass is 492 g/mol. The Morgan fingerprint density at radius 2 is 2.00 bits per heavy atom. The molecule has 1 fully saturated rings. The number of carbonyl (C=O) groups is 1. The summed E-state index contributed by atoms with van der Waals surface area (Å²) < 4.78 is 33.1. The zero-order valence-electron chi connectivity index (χ0n) is 20.9. The van der Waals surface area contributed by atoms with Crippen molar-refractivity contribution in [3.8, 4) is 11.1 Å². The fourth-order valence-corrected chi connectivity index (χ4v) is 5.13. The van der Waals surface area contributed by atoms with Crippen molar-refractivity contribution in [2.24, 2.45) is 5.41 Å². The average Bonchev–Trinajstić information content (AvgIpc) is 2.84. The Bertz CT molecular complexity index is 1320. The molecule has 1 atom stereocenters. The Kier molecular flexibility index (Phi) is 6.03. The molecule has 1 amide bonds. The van der Waals surface area contributed by atoms with Crippen LogP contribution >= 0.6 is 0 Å². The van der Waals surface area contributed by atoms with E-state index in [1.54, 1.807) is 6.07 Å². The van der Waals surface area contributed by atoms with Gasteiger partial charge in [-0.1, -0.05) is 19.9 Å². The third kappa shape index (κ3) is 4.57. The van der Waals surface area contributed by atoms with Gasteiger partial charge in [-0.15, -0.1) is 0 Å². The summed E-state index contributed by atoms with van der Waals surface area (Å²) in [7, 11) is 0. The lowest BCUT2D eigenvalue weighted by atomic mass is 9.75. The van der Waals surface area contributed by atoms with Gasteiger partial charge in [0, 0.05) is 42.7 Å². The maximum Gasteiger partial charge on any atom is 0.286 e. The van der Waals surface area contributed by atoms with Gasteiger partial charge in [0.05, 0.1) is 30.6 Å². The van der Waals surface area contributed by atoms with E-state index in [2.05, 4.69) is 35.1 Å². The van der Waals surface area contributed by atoms with Crippen molar-refractivity contribution >= 4 is 17.3 Å². The molecule has 0 spiro atoms. The van der Waals surface area contributed by atoms with Gasteiger partial charge in [0.15, 0.2) is 0 Å². The van der Waals surface area contributed by atoms with Crippen LogP contribution in [-0.2, 0) is 17.1 Å². The van der Waals surface area contributed by atoms with Crippen molar-refractivity contribution in [1.29, 1.82) is 0 Å². The van der Waals surface area contributed by atoms with Crippen molar-refractivity contribution in [3.05, 3.63) is 71.3 Å². The molecule has 1 N–H and O–H groups in total. The molecule has 0 aliphatic carbocycles. The van der Waals surface area contributed by atoms with Crippen LogP contribution in [0.1, 0.15) is 48.1 Å². The number of anilines is 2. The molecule has 36 heavy (non-hydrogen) atoms. The number of fused-ring (bicyclic) bond motifs is 3. The number of aryl methyl sites for hydroxylation is 1. The molecule has 2 aliphatic rings. The van der Waals surface area contributed by atoms with Crippen molar-refractivity contribution in [1.82, 2.24) is 9.97 Å². The van der Waals surface area contributed by atoms with Crippen molar-refractivity contribution in [2.75, 3.05) is 30.0 Å². The normalized spacial score (nSPS) is 18.8. The van der Waals surface area contributed by atoms with Crippen LogP contribution in [0, 0.1) is 12.3 Å². The molecule has 2 aromatic heterocycles. The Morgan fingerprint density at radius 1 is 1.19 bits per heavy atom. The number of pyridine rings is 2. The zero-order valence-corrected chi connectivity index (χ0v) is 20.9. The number of nitrogens with one attached hydrogen (secondary N) is 1. The van der Waals surface area contributed by atoms with Gasteiger partial charge < -0.3 is 15.0 Å². The highest BCUT2D eigenvalue weighted by Crippen LogP contribution is 2.43. The van der Waals surface area contributed by atoms with E-state index in [1.165, 1.54) is 12.3 Å². The van der Waals surface area contributed by atoms with Crippen LogP contribution in [-0.4, -0.2) is 41.7 Å². The number of benzene rings is 1. The summed E-state index contributed by atoms with van der Waals surface area (Å²) in [6.45, 7) is 9.53. The number of aromatic nitrogens is 2. The van der Waals surface area contributed by atoms with E-state index in [0.29, 0.717) is 24.9 Å². The highest BCUT2D eigenvalue weighted by molar-refractivity contribution is 6.04. The smallest absolute Gasteiger partial charge is 0.286 e. The molecule has 6 nitrogen and oxygen atoms in total. The molecule has 0 bridgehead atoms. The van der Waals surface area contributed by atoms with Gasteiger partial charge >= 0.3 is 0 Å². The molecule has 3 aromatic rings. The number of morpholine rings is 1. The largest absolute Gasteiger partial charge is 0.377 e. The maximum atomic E-state index is 13.7. The molecule has 0 saturated carbocycles. The molecule has 1 unspecified atom stereocenters. The first-order valence-corrected chi connectivity index (χ1v) is 12.1. The standard InChI is InChI=1S/C28H30F2N4O2/c1-17-5-6-20(33-26(35)18-7-8-31-24(12-18)28(4,29)30)13-21(17)19-11-23-22(32-15-19)14-27(2,3)25-16-36-10-9-34(23)25/h5-8,11-13,15,25H,9-10,14,16H2,1-4H3,(H,33,35). The molecule has 1 saturated heterocycles. The molecule has 188 valence electrons. The molecule has 2 aliphatic heterocycles. The second kappa shape index (κ2) is 8.92. The van der Waals surface area contributed by atoms with Gasteiger partial charge in [-0.2, -0.15) is 8.78 Å². The van der Waals surface area contributed by atoms with Crippen LogP contribution in [0.15, 0.2) is 48.8 Å². The lowest BCUT2D eigenvalue weighted by Gasteiger charge is -2.50. The lowest BCUT2D eigenvalue weighted by Crippen LogP contribution is -2.56. The quantitative estimate of drug-likeness (QED) is 0.513. The van der Waals surface area contributed by atoms with E-state index in [-0.39, 0.29) is 11.0 Å². The lowest BCUT2D eigenvalue weighted by molar-refractivity contribution is 0.0127. The Morgan fingerprint density at radius 3 is 2.78 bits per heavy atom. The number of amides is 1. The minimum Gasteiger partial charge on any atom is -0.377 e. The Balaban J connectivity index is 1.44. The van der Waals surface area contributed by atoms with E-state index in [4.69, 9.17) is 9.72 Å². The van der Waals surface area contributed by atoms with E-state index in [9.17, 15) is 13.6 Å². The number of alkyl halides is 2. The summed E-state index contributed by atoms with van der Waals surface area (Å²) in [5.41, 5.74) is 5.51. The fraction of sp³-hybridized carbons (Fsp3) is 0.393. The number of ether oxygens (including phenoxy) is 1. The van der Waals surface area contributed by atoms with Gasteiger partial charge in [-0.05, 0) is 60.2 Å². The molecule has 1 aromatic carbocycles. The van der Waals surface area contributed by atoms with E-state index in [0.717, 1.165) is 54.0 Å². The molecule has 8 heteroatoms. The van der Waals surface area contributed by atoms with Crippen LogP contribution < -0.4 is 10.2 Å². The third-order valence-electron chi connectivity index (χ3n) is 7.19. The van der Waals surface area contributed by atoms with Gasteiger partial charge in [-0.3, -0.25) is 14.8 Å². The van der Waals surface area contributed by atoms with Crippen molar-refractivity contribution < 1.29 is 18.3 Å². The van der Waals surface area contributed by atoms with Crippen LogP contribution in [0.3, 0.4) is 0 Å². The van der Waals surface area contributed by atoms with Crippen molar-refractivity contribution in [3.63, 3.8) is 0 Å². The van der Waals surface area contributed by atoms with Gasteiger partial charge in [0.25, 0.3) is 11.8 Å². The average molecular weight is 493 g/mol. The first kappa shape index (κ1) is 24.3. The van der Waals surface area contributed by atoms with Crippen LogP contribution in [0.5, 0.6) is 0 Å².